The van der Waals surface area contributed by atoms with Crippen LogP contribution in [0.3, 0.4) is 0 Å². The molecule has 0 aliphatic carbocycles. The summed E-state index contributed by atoms with van der Waals surface area (Å²) in [4.78, 5) is 11.9. The van der Waals surface area contributed by atoms with Crippen LogP contribution >= 0.6 is 11.8 Å². The van der Waals surface area contributed by atoms with Crippen molar-refractivity contribution in [3.05, 3.63) is 24.3 Å². The summed E-state index contributed by atoms with van der Waals surface area (Å²) in [6, 6.07) is 7.34. The molecule has 13 heavy (non-hydrogen) atoms. The van der Waals surface area contributed by atoms with Crippen molar-refractivity contribution in [1.82, 2.24) is 5.32 Å². The minimum absolute atomic E-state index is 0.447. The van der Waals surface area contributed by atoms with Crippen molar-refractivity contribution in [3.8, 4) is 5.75 Å². The number of benzene rings is 1. The van der Waals surface area contributed by atoms with Gasteiger partial charge in [0.15, 0.2) is 0 Å². The van der Waals surface area contributed by atoms with Crippen LogP contribution in [0.4, 0.5) is 4.79 Å². The average molecular weight is 197 g/mol. The molecule has 1 rings (SSSR count). The van der Waals surface area contributed by atoms with Gasteiger partial charge in [-0.05, 0) is 30.5 Å². The number of rotatable bonds is 2. The molecule has 0 saturated heterocycles. The molecule has 0 bridgehead atoms. The van der Waals surface area contributed by atoms with Crippen LogP contribution < -0.4 is 10.1 Å². The van der Waals surface area contributed by atoms with Crippen LogP contribution in [0.1, 0.15) is 0 Å². The molecule has 0 saturated carbocycles. The van der Waals surface area contributed by atoms with Crippen LogP contribution in [-0.4, -0.2) is 19.4 Å². The van der Waals surface area contributed by atoms with E-state index in [2.05, 4.69) is 5.32 Å². The van der Waals surface area contributed by atoms with Gasteiger partial charge in [0, 0.05) is 11.9 Å². The molecule has 0 heterocycles. The van der Waals surface area contributed by atoms with Crippen LogP contribution in [0.25, 0.3) is 0 Å². The molecule has 0 spiro atoms. The summed E-state index contributed by atoms with van der Waals surface area (Å²) in [7, 11) is 1.53. The summed E-state index contributed by atoms with van der Waals surface area (Å²) in [5, 5.41) is 2.38. The van der Waals surface area contributed by atoms with Gasteiger partial charge in [0.2, 0.25) is 0 Å². The molecule has 0 fully saturated rings. The number of hydrogen-bond donors (Lipinski definition) is 1. The van der Waals surface area contributed by atoms with Gasteiger partial charge >= 0.3 is 6.09 Å². The second kappa shape index (κ2) is 4.77. The lowest BCUT2D eigenvalue weighted by molar-refractivity contribution is 0.203. The molecule has 3 nitrogen and oxygen atoms in total. The normalized spacial score (nSPS) is 9.38. The highest BCUT2D eigenvalue weighted by molar-refractivity contribution is 7.98. The fraction of sp³-hybridized carbons (Fsp3) is 0.222. The van der Waals surface area contributed by atoms with E-state index in [0.717, 1.165) is 4.90 Å². The standard InChI is InChI=1S/C9H11NO2S/c1-10-9(11)12-7-3-5-8(13-2)6-4-7/h3-6H,1-2H3,(H,10,11). The summed E-state index contributed by atoms with van der Waals surface area (Å²) >= 11 is 1.65. The molecule has 1 N–H and O–H groups in total. The molecule has 0 aliphatic rings. The number of thioether (sulfide) groups is 1. The van der Waals surface area contributed by atoms with Crippen molar-refractivity contribution in [2.75, 3.05) is 13.3 Å². The molecule has 0 unspecified atom stereocenters. The average Bonchev–Trinajstić information content (AvgIpc) is 2.19. The van der Waals surface area contributed by atoms with Gasteiger partial charge in [-0.3, -0.25) is 0 Å². The third-order valence-corrected chi connectivity index (χ3v) is 2.22. The first kappa shape index (κ1) is 9.92. The second-order valence-electron chi connectivity index (χ2n) is 2.32. The van der Waals surface area contributed by atoms with Crippen LogP contribution in [0.2, 0.25) is 0 Å². The van der Waals surface area contributed by atoms with Crippen molar-refractivity contribution >= 4 is 17.9 Å². The monoisotopic (exact) mass is 197 g/mol. The van der Waals surface area contributed by atoms with E-state index in [4.69, 9.17) is 4.74 Å². The number of ether oxygens (including phenoxy) is 1. The Bertz CT molecular complexity index is 284. The Morgan fingerprint density at radius 1 is 1.38 bits per heavy atom. The number of carbonyl (C=O) groups excluding carboxylic acids is 1. The molecule has 1 amide bonds. The topological polar surface area (TPSA) is 38.3 Å². The largest absolute Gasteiger partial charge is 0.412 e. The minimum atomic E-state index is -0.447. The smallest absolute Gasteiger partial charge is 0.410 e. The molecule has 1 aromatic rings. The molecule has 0 radical (unpaired) electrons. The first-order chi connectivity index (χ1) is 6.26. The Hall–Kier alpha value is -1.16. The van der Waals surface area contributed by atoms with Crippen LogP contribution in [0, 0.1) is 0 Å². The highest BCUT2D eigenvalue weighted by Crippen LogP contribution is 2.18. The van der Waals surface area contributed by atoms with Crippen LogP contribution in [0.5, 0.6) is 5.75 Å². The van der Waals surface area contributed by atoms with Crippen molar-refractivity contribution in [1.29, 1.82) is 0 Å². The quantitative estimate of drug-likeness (QED) is 0.738. The fourth-order valence-electron chi connectivity index (χ4n) is 0.802. The Morgan fingerprint density at radius 2 is 2.00 bits per heavy atom. The third kappa shape index (κ3) is 2.99. The van der Waals surface area contributed by atoms with E-state index in [1.54, 1.807) is 23.9 Å². The van der Waals surface area contributed by atoms with Gasteiger partial charge < -0.3 is 10.1 Å². The first-order valence-corrected chi connectivity index (χ1v) is 5.02. The summed E-state index contributed by atoms with van der Waals surface area (Å²) in [5.41, 5.74) is 0. The van der Waals surface area contributed by atoms with Crippen molar-refractivity contribution in [3.63, 3.8) is 0 Å². The van der Waals surface area contributed by atoms with Crippen LogP contribution in [-0.2, 0) is 0 Å². The lowest BCUT2D eigenvalue weighted by Gasteiger charge is -2.03. The zero-order valence-corrected chi connectivity index (χ0v) is 8.35. The van der Waals surface area contributed by atoms with E-state index >= 15 is 0 Å². The first-order valence-electron chi connectivity index (χ1n) is 3.80. The maximum atomic E-state index is 10.8. The second-order valence-corrected chi connectivity index (χ2v) is 3.19. The Balaban J connectivity index is 2.64. The van der Waals surface area contributed by atoms with E-state index in [0.29, 0.717) is 5.75 Å². The molecule has 70 valence electrons. The molecular weight excluding hydrogens is 186 g/mol. The van der Waals surface area contributed by atoms with E-state index in [9.17, 15) is 4.79 Å². The predicted molar refractivity (Wildman–Crippen MR) is 53.3 cm³/mol. The van der Waals surface area contributed by atoms with Crippen LogP contribution in [0.15, 0.2) is 29.2 Å². The molecule has 0 aromatic heterocycles. The zero-order valence-electron chi connectivity index (χ0n) is 7.53. The number of carbonyl (C=O) groups is 1. The number of nitrogens with one attached hydrogen (secondary N) is 1. The number of hydrogen-bond acceptors (Lipinski definition) is 3. The molecule has 0 atom stereocenters. The lowest BCUT2D eigenvalue weighted by Crippen LogP contribution is -2.21. The third-order valence-electron chi connectivity index (χ3n) is 1.47. The van der Waals surface area contributed by atoms with E-state index in [1.165, 1.54) is 7.05 Å². The van der Waals surface area contributed by atoms with Gasteiger partial charge in [-0.2, -0.15) is 0 Å². The Labute approximate surface area is 81.5 Å². The zero-order chi connectivity index (χ0) is 9.68. The Morgan fingerprint density at radius 3 is 2.46 bits per heavy atom. The van der Waals surface area contributed by atoms with E-state index < -0.39 is 6.09 Å². The van der Waals surface area contributed by atoms with Gasteiger partial charge in [0.1, 0.15) is 5.75 Å². The molecular formula is C9H11NO2S. The van der Waals surface area contributed by atoms with Gasteiger partial charge in [0.05, 0.1) is 0 Å². The molecule has 0 aliphatic heterocycles. The maximum absolute atomic E-state index is 10.8. The minimum Gasteiger partial charge on any atom is -0.410 e. The van der Waals surface area contributed by atoms with Gasteiger partial charge in [-0.15, -0.1) is 11.8 Å². The molecule has 1 aromatic carbocycles. The predicted octanol–water partition coefficient (Wildman–Crippen LogP) is 2.13. The van der Waals surface area contributed by atoms with Gasteiger partial charge in [-0.25, -0.2) is 4.79 Å². The summed E-state index contributed by atoms with van der Waals surface area (Å²) in [6.07, 6.45) is 1.55. The lowest BCUT2D eigenvalue weighted by atomic mass is 10.3. The fourth-order valence-corrected chi connectivity index (χ4v) is 1.21. The van der Waals surface area contributed by atoms with E-state index in [1.807, 2.05) is 18.4 Å². The highest BCUT2D eigenvalue weighted by Gasteiger charge is 1.99. The van der Waals surface area contributed by atoms with Crippen molar-refractivity contribution in [2.24, 2.45) is 0 Å². The van der Waals surface area contributed by atoms with Crippen molar-refractivity contribution in [2.45, 2.75) is 4.90 Å². The maximum Gasteiger partial charge on any atom is 0.412 e. The van der Waals surface area contributed by atoms with Gasteiger partial charge in [0.25, 0.3) is 0 Å². The Kier molecular flexibility index (Phi) is 3.64. The molecule has 4 heteroatoms. The number of amides is 1. The van der Waals surface area contributed by atoms with Gasteiger partial charge in [-0.1, -0.05) is 0 Å². The highest BCUT2D eigenvalue weighted by atomic mass is 32.2. The summed E-state index contributed by atoms with van der Waals surface area (Å²) < 4.78 is 4.90. The van der Waals surface area contributed by atoms with Crippen molar-refractivity contribution < 1.29 is 9.53 Å². The summed E-state index contributed by atoms with van der Waals surface area (Å²) in [5.74, 6) is 0.553. The van der Waals surface area contributed by atoms with E-state index in [-0.39, 0.29) is 0 Å². The summed E-state index contributed by atoms with van der Waals surface area (Å²) in [6.45, 7) is 0. The SMILES string of the molecule is CNC(=O)Oc1ccc(SC)cc1.